The summed E-state index contributed by atoms with van der Waals surface area (Å²) in [5.41, 5.74) is -0.677. The van der Waals surface area contributed by atoms with E-state index in [1.807, 2.05) is 6.92 Å². The summed E-state index contributed by atoms with van der Waals surface area (Å²) in [4.78, 5) is 29.7. The number of carbonyl (C=O) groups is 1. The second-order valence-electron chi connectivity index (χ2n) is 8.88. The number of halogens is 3. The molecule has 7 nitrogen and oxygen atoms in total. The second kappa shape index (κ2) is 8.63. The summed E-state index contributed by atoms with van der Waals surface area (Å²) in [5.74, 6) is 2.03. The predicted molar refractivity (Wildman–Crippen MR) is 111 cm³/mol. The Bertz CT molecular complexity index is 998. The van der Waals surface area contributed by atoms with Crippen LogP contribution in [0.4, 0.5) is 19.1 Å². The normalized spacial score (nSPS) is 24.9. The monoisotopic (exact) mass is 448 g/mol. The van der Waals surface area contributed by atoms with Gasteiger partial charge in [0.2, 0.25) is 11.9 Å². The summed E-state index contributed by atoms with van der Waals surface area (Å²) in [6.45, 7) is 1.66. The van der Waals surface area contributed by atoms with Crippen molar-refractivity contribution in [2.45, 2.75) is 58.2 Å². The van der Waals surface area contributed by atoms with Crippen LogP contribution in [-0.2, 0) is 23.9 Å². The number of hydrogen-bond donors (Lipinski definition) is 2. The van der Waals surface area contributed by atoms with Crippen molar-refractivity contribution in [1.82, 2.24) is 25.3 Å². The van der Waals surface area contributed by atoms with Crippen LogP contribution < -0.4 is 10.6 Å². The molecular weight excluding hydrogens is 421 g/mol. The van der Waals surface area contributed by atoms with E-state index < -0.39 is 11.7 Å². The Hall–Kier alpha value is -2.78. The first kappa shape index (κ1) is 22.4. The zero-order valence-electron chi connectivity index (χ0n) is 18.2. The van der Waals surface area contributed by atoms with Gasteiger partial charge in [0.25, 0.3) is 0 Å². The van der Waals surface area contributed by atoms with E-state index in [0.29, 0.717) is 17.7 Å². The van der Waals surface area contributed by atoms with Gasteiger partial charge in [-0.3, -0.25) is 9.78 Å². The lowest BCUT2D eigenvalue weighted by atomic mass is 9.77. The van der Waals surface area contributed by atoms with Gasteiger partial charge in [0.05, 0.1) is 5.56 Å². The maximum absolute atomic E-state index is 13.2. The zero-order chi connectivity index (χ0) is 22.9. The fraction of sp³-hybridized carbons (Fsp3) is 0.591. The van der Waals surface area contributed by atoms with Crippen LogP contribution in [-0.4, -0.2) is 32.9 Å². The van der Waals surface area contributed by atoms with Gasteiger partial charge in [-0.15, -0.1) is 0 Å². The third kappa shape index (κ3) is 4.83. The molecule has 2 aromatic heterocycles. The molecule has 172 valence electrons. The van der Waals surface area contributed by atoms with Crippen LogP contribution in [0.3, 0.4) is 0 Å². The van der Waals surface area contributed by atoms with E-state index in [1.54, 1.807) is 7.05 Å². The van der Waals surface area contributed by atoms with Crippen molar-refractivity contribution in [2.75, 3.05) is 12.4 Å². The molecule has 0 bridgehead atoms. The fourth-order valence-corrected chi connectivity index (χ4v) is 5.03. The number of nitrogens with one attached hydrogen (secondary N) is 2. The molecule has 0 aliphatic heterocycles. The molecule has 0 radical (unpaired) electrons. The van der Waals surface area contributed by atoms with Gasteiger partial charge in [-0.1, -0.05) is 6.42 Å². The Morgan fingerprint density at radius 1 is 1.25 bits per heavy atom. The number of hydrogen-bond acceptors (Lipinski definition) is 6. The molecule has 2 aliphatic rings. The number of aromatic nitrogens is 4. The third-order valence-corrected chi connectivity index (χ3v) is 6.72. The standard InChI is InChI=1S/C22H27F3N6O/c1-13-29-18(31-20(26-2)30-13)8-16-10-21(16)6-3-4-14(9-21)19(32)28-12-15-11-27-7-5-17(15)22(23,24)25/h5,7,11,14,16H,3-4,6,8-10,12H2,1-2H3,(H,28,32)(H,26,29,30,31)/t14-,16?,21?/m0/s1. The molecule has 2 aromatic rings. The number of nitrogens with zero attached hydrogens (tertiary/aromatic N) is 4. The molecule has 2 aliphatic carbocycles. The van der Waals surface area contributed by atoms with Crippen molar-refractivity contribution in [1.29, 1.82) is 0 Å². The van der Waals surface area contributed by atoms with Crippen LogP contribution in [0.1, 0.15) is 54.9 Å². The second-order valence-corrected chi connectivity index (χ2v) is 8.88. The van der Waals surface area contributed by atoms with Crippen LogP contribution in [0, 0.1) is 24.2 Å². The number of aryl methyl sites for hydroxylation is 1. The van der Waals surface area contributed by atoms with Gasteiger partial charge in [0.1, 0.15) is 11.6 Å². The smallest absolute Gasteiger partial charge is 0.357 e. The number of anilines is 1. The molecule has 2 N–H and O–H groups in total. The van der Waals surface area contributed by atoms with Gasteiger partial charge in [-0.25, -0.2) is 4.98 Å². The number of pyridine rings is 1. The summed E-state index contributed by atoms with van der Waals surface area (Å²) < 4.78 is 39.5. The lowest BCUT2D eigenvalue weighted by Crippen LogP contribution is -2.35. The van der Waals surface area contributed by atoms with Crippen LogP contribution in [0.15, 0.2) is 18.5 Å². The minimum absolute atomic E-state index is 0.0197. The zero-order valence-corrected chi connectivity index (χ0v) is 18.2. The van der Waals surface area contributed by atoms with Crippen molar-refractivity contribution in [3.05, 3.63) is 41.2 Å². The molecular formula is C22H27F3N6O. The van der Waals surface area contributed by atoms with E-state index in [4.69, 9.17) is 0 Å². The molecule has 2 heterocycles. The molecule has 2 unspecified atom stereocenters. The van der Waals surface area contributed by atoms with E-state index in [9.17, 15) is 18.0 Å². The maximum Gasteiger partial charge on any atom is 0.416 e. The molecule has 0 saturated heterocycles. The van der Waals surface area contributed by atoms with E-state index in [0.717, 1.165) is 56.6 Å². The van der Waals surface area contributed by atoms with Gasteiger partial charge in [0.15, 0.2) is 0 Å². The highest BCUT2D eigenvalue weighted by Gasteiger charge is 2.56. The van der Waals surface area contributed by atoms with Crippen molar-refractivity contribution in [3.8, 4) is 0 Å². The first-order valence-electron chi connectivity index (χ1n) is 10.9. The van der Waals surface area contributed by atoms with E-state index in [2.05, 4.69) is 30.6 Å². The highest BCUT2D eigenvalue weighted by atomic mass is 19.4. The van der Waals surface area contributed by atoms with Crippen LogP contribution >= 0.6 is 0 Å². The van der Waals surface area contributed by atoms with E-state index in [1.165, 1.54) is 6.20 Å². The summed E-state index contributed by atoms with van der Waals surface area (Å²) in [6, 6.07) is 0.939. The molecule has 2 saturated carbocycles. The third-order valence-electron chi connectivity index (χ3n) is 6.72. The Morgan fingerprint density at radius 3 is 2.81 bits per heavy atom. The highest BCUT2D eigenvalue weighted by molar-refractivity contribution is 5.78. The first-order valence-corrected chi connectivity index (χ1v) is 10.9. The molecule has 10 heteroatoms. The van der Waals surface area contributed by atoms with Crippen LogP contribution in [0.2, 0.25) is 0 Å². The highest BCUT2D eigenvalue weighted by Crippen LogP contribution is 2.63. The Kier molecular flexibility index (Phi) is 6.05. The molecule has 0 aromatic carbocycles. The molecule has 3 atom stereocenters. The lowest BCUT2D eigenvalue weighted by molar-refractivity contribution is -0.138. The summed E-state index contributed by atoms with van der Waals surface area (Å²) in [5, 5.41) is 5.66. The number of rotatable bonds is 6. The topological polar surface area (TPSA) is 92.7 Å². The van der Waals surface area contributed by atoms with Gasteiger partial charge < -0.3 is 10.6 Å². The fourth-order valence-electron chi connectivity index (χ4n) is 5.03. The minimum Gasteiger partial charge on any atom is -0.357 e. The van der Waals surface area contributed by atoms with Crippen molar-refractivity contribution in [2.24, 2.45) is 17.3 Å². The maximum atomic E-state index is 13.2. The van der Waals surface area contributed by atoms with Crippen LogP contribution in [0.5, 0.6) is 0 Å². The minimum atomic E-state index is -4.47. The van der Waals surface area contributed by atoms with Gasteiger partial charge in [0, 0.05) is 43.9 Å². The SMILES string of the molecule is CNc1nc(C)nc(CC2CC23CCC[C@H](C(=O)NCc2cnccc2C(F)(F)F)C3)n1. The average Bonchev–Trinajstić information content (AvgIpc) is 3.40. The van der Waals surface area contributed by atoms with Gasteiger partial charge >= 0.3 is 6.18 Å². The van der Waals surface area contributed by atoms with Crippen molar-refractivity contribution in [3.63, 3.8) is 0 Å². The van der Waals surface area contributed by atoms with Crippen LogP contribution in [0.25, 0.3) is 0 Å². The molecule has 32 heavy (non-hydrogen) atoms. The van der Waals surface area contributed by atoms with Crippen molar-refractivity contribution < 1.29 is 18.0 Å². The first-order chi connectivity index (χ1) is 15.2. The Morgan fingerprint density at radius 2 is 2.06 bits per heavy atom. The largest absolute Gasteiger partial charge is 0.416 e. The molecule has 1 spiro atoms. The molecule has 1 amide bonds. The molecule has 4 rings (SSSR count). The Labute approximate surface area is 184 Å². The number of amides is 1. The summed E-state index contributed by atoms with van der Waals surface area (Å²) in [7, 11) is 1.77. The van der Waals surface area contributed by atoms with E-state index >= 15 is 0 Å². The Balaban J connectivity index is 1.36. The predicted octanol–water partition coefficient (Wildman–Crippen LogP) is 3.69. The van der Waals surface area contributed by atoms with E-state index in [-0.39, 0.29) is 29.3 Å². The van der Waals surface area contributed by atoms with Crippen molar-refractivity contribution >= 4 is 11.9 Å². The average molecular weight is 448 g/mol. The quantitative estimate of drug-likeness (QED) is 0.700. The summed E-state index contributed by atoms with van der Waals surface area (Å²) >= 11 is 0. The molecule has 2 fully saturated rings. The number of carbonyl (C=O) groups excluding carboxylic acids is 1. The number of alkyl halides is 3. The van der Waals surface area contributed by atoms with Gasteiger partial charge in [-0.2, -0.15) is 23.1 Å². The lowest BCUT2D eigenvalue weighted by Gasteiger charge is -2.29. The summed E-state index contributed by atoms with van der Waals surface area (Å²) in [6.07, 6.45) is 3.09. The van der Waals surface area contributed by atoms with Gasteiger partial charge in [-0.05, 0) is 50.0 Å².